The standard InChI is InChI=1S/C18H16FIN2O2S/c1-3-24-22-17(23)16-13-6-10(2)9-21-18(13)25-15(16)7-11-4-5-12(20)8-14(11)19/h4-6,8-9H,3,7H2,1-2H3,(H,22,23). The van der Waals surface area contributed by atoms with Crippen molar-refractivity contribution in [1.82, 2.24) is 10.5 Å². The molecule has 3 rings (SSSR count). The average Bonchev–Trinajstić information content (AvgIpc) is 2.92. The van der Waals surface area contributed by atoms with Crippen LogP contribution in [0.15, 0.2) is 30.5 Å². The van der Waals surface area contributed by atoms with Crippen LogP contribution in [-0.2, 0) is 11.3 Å². The van der Waals surface area contributed by atoms with Gasteiger partial charge in [-0.3, -0.25) is 9.63 Å². The van der Waals surface area contributed by atoms with E-state index in [-0.39, 0.29) is 11.7 Å². The first kappa shape index (κ1) is 18.2. The lowest BCUT2D eigenvalue weighted by Crippen LogP contribution is -2.24. The van der Waals surface area contributed by atoms with Crippen molar-refractivity contribution in [1.29, 1.82) is 0 Å². The summed E-state index contributed by atoms with van der Waals surface area (Å²) in [5, 5.41) is 0.767. The number of thiophene rings is 1. The highest BCUT2D eigenvalue weighted by atomic mass is 127. The lowest BCUT2D eigenvalue weighted by Gasteiger charge is -2.07. The van der Waals surface area contributed by atoms with E-state index in [4.69, 9.17) is 4.84 Å². The molecule has 0 saturated heterocycles. The summed E-state index contributed by atoms with van der Waals surface area (Å²) in [6.45, 7) is 4.08. The van der Waals surface area contributed by atoms with Crippen LogP contribution in [0.4, 0.5) is 4.39 Å². The second-order valence-electron chi connectivity index (χ2n) is 5.54. The third-order valence-electron chi connectivity index (χ3n) is 3.66. The number of pyridine rings is 1. The molecule has 0 bridgehead atoms. The van der Waals surface area contributed by atoms with Gasteiger partial charge in [0.2, 0.25) is 0 Å². The van der Waals surface area contributed by atoms with E-state index in [1.165, 1.54) is 17.4 Å². The van der Waals surface area contributed by atoms with Crippen LogP contribution in [0.1, 0.15) is 33.3 Å². The van der Waals surface area contributed by atoms with E-state index in [2.05, 4.69) is 33.1 Å². The van der Waals surface area contributed by atoms with Crippen LogP contribution in [0.2, 0.25) is 0 Å². The largest absolute Gasteiger partial charge is 0.276 e. The van der Waals surface area contributed by atoms with Gasteiger partial charge in [0.25, 0.3) is 5.91 Å². The zero-order valence-corrected chi connectivity index (χ0v) is 16.7. The van der Waals surface area contributed by atoms with Crippen LogP contribution in [0, 0.1) is 16.3 Å². The minimum absolute atomic E-state index is 0.273. The van der Waals surface area contributed by atoms with Crippen molar-refractivity contribution < 1.29 is 14.0 Å². The van der Waals surface area contributed by atoms with Crippen LogP contribution < -0.4 is 5.48 Å². The first-order chi connectivity index (χ1) is 12.0. The second-order valence-corrected chi connectivity index (χ2v) is 7.87. The number of hydrogen-bond acceptors (Lipinski definition) is 4. The molecule has 0 fully saturated rings. The van der Waals surface area contributed by atoms with Gasteiger partial charge in [-0.1, -0.05) is 6.07 Å². The summed E-state index contributed by atoms with van der Waals surface area (Å²) < 4.78 is 15.1. The molecule has 2 aromatic heterocycles. The molecule has 4 nitrogen and oxygen atoms in total. The van der Waals surface area contributed by atoms with Crippen molar-refractivity contribution in [2.75, 3.05) is 6.61 Å². The van der Waals surface area contributed by atoms with Gasteiger partial charge in [0, 0.05) is 26.5 Å². The van der Waals surface area contributed by atoms with Crippen LogP contribution >= 0.6 is 33.9 Å². The molecular weight excluding hydrogens is 454 g/mol. The zero-order chi connectivity index (χ0) is 18.0. The molecule has 0 aliphatic rings. The summed E-state index contributed by atoms with van der Waals surface area (Å²) in [6, 6.07) is 7.03. The maximum Gasteiger partial charge on any atom is 0.276 e. The quantitative estimate of drug-likeness (QED) is 0.438. The van der Waals surface area contributed by atoms with Gasteiger partial charge < -0.3 is 0 Å². The predicted octanol–water partition coefficient (Wildman–Crippen LogP) is 4.62. The molecule has 2 heterocycles. The van der Waals surface area contributed by atoms with E-state index in [9.17, 15) is 9.18 Å². The van der Waals surface area contributed by atoms with E-state index in [1.807, 2.05) is 19.1 Å². The fourth-order valence-corrected chi connectivity index (χ4v) is 4.13. The molecule has 7 heteroatoms. The molecule has 1 N–H and O–H groups in total. The highest BCUT2D eigenvalue weighted by molar-refractivity contribution is 14.1. The van der Waals surface area contributed by atoms with Crippen LogP contribution in [-0.4, -0.2) is 17.5 Å². The van der Waals surface area contributed by atoms with Gasteiger partial charge in [-0.15, -0.1) is 11.3 Å². The van der Waals surface area contributed by atoms with E-state index < -0.39 is 0 Å². The van der Waals surface area contributed by atoms with E-state index in [0.717, 1.165) is 24.2 Å². The van der Waals surface area contributed by atoms with E-state index in [0.29, 0.717) is 24.2 Å². The van der Waals surface area contributed by atoms with Crippen molar-refractivity contribution in [3.05, 3.63) is 61.4 Å². The van der Waals surface area contributed by atoms with Crippen LogP contribution in [0.5, 0.6) is 0 Å². The average molecular weight is 470 g/mol. The van der Waals surface area contributed by atoms with Crippen LogP contribution in [0.25, 0.3) is 10.2 Å². The molecule has 1 amide bonds. The Morgan fingerprint density at radius 3 is 2.92 bits per heavy atom. The molecule has 0 radical (unpaired) electrons. The van der Waals surface area contributed by atoms with Crippen molar-refractivity contribution in [3.63, 3.8) is 0 Å². The Bertz CT molecular complexity index is 942. The topological polar surface area (TPSA) is 51.2 Å². The number of aryl methyl sites for hydroxylation is 1. The van der Waals surface area contributed by atoms with Gasteiger partial charge >= 0.3 is 0 Å². The number of carbonyl (C=O) groups is 1. The molecule has 25 heavy (non-hydrogen) atoms. The molecule has 130 valence electrons. The molecule has 1 aromatic carbocycles. The fraction of sp³-hybridized carbons (Fsp3) is 0.222. The van der Waals surface area contributed by atoms with Crippen molar-refractivity contribution in [2.45, 2.75) is 20.3 Å². The molecule has 0 atom stereocenters. The summed E-state index contributed by atoms with van der Waals surface area (Å²) >= 11 is 3.48. The lowest BCUT2D eigenvalue weighted by atomic mass is 10.0. The molecule has 0 spiro atoms. The van der Waals surface area contributed by atoms with Crippen molar-refractivity contribution >= 4 is 50.1 Å². The SMILES string of the molecule is CCONC(=O)c1c(Cc2ccc(I)cc2F)sc2ncc(C)cc12. The number of fused-ring (bicyclic) bond motifs is 1. The monoisotopic (exact) mass is 470 g/mol. The molecule has 0 saturated carbocycles. The fourth-order valence-electron chi connectivity index (χ4n) is 2.54. The number of nitrogens with one attached hydrogen (secondary N) is 1. The van der Waals surface area contributed by atoms with Gasteiger partial charge in [-0.25, -0.2) is 14.9 Å². The summed E-state index contributed by atoms with van der Waals surface area (Å²) in [7, 11) is 0. The first-order valence-corrected chi connectivity index (χ1v) is 9.63. The Labute approximate surface area is 162 Å². The number of rotatable bonds is 5. The molecule has 0 aliphatic heterocycles. The first-order valence-electron chi connectivity index (χ1n) is 7.73. The van der Waals surface area contributed by atoms with Gasteiger partial charge in [-0.05, 0) is 65.8 Å². The lowest BCUT2D eigenvalue weighted by molar-refractivity contribution is 0.0366. The summed E-state index contributed by atoms with van der Waals surface area (Å²) in [4.78, 5) is 23.6. The molecule has 3 aromatic rings. The smallest absolute Gasteiger partial charge is 0.274 e. The minimum Gasteiger partial charge on any atom is -0.274 e. The maximum absolute atomic E-state index is 14.3. The molecular formula is C18H16FIN2O2S. The van der Waals surface area contributed by atoms with Gasteiger partial charge in [-0.2, -0.15) is 0 Å². The highest BCUT2D eigenvalue weighted by Gasteiger charge is 2.21. The third-order valence-corrected chi connectivity index (χ3v) is 5.44. The number of hydroxylamine groups is 1. The van der Waals surface area contributed by atoms with Gasteiger partial charge in [0.05, 0.1) is 12.2 Å². The number of nitrogens with zero attached hydrogens (tertiary/aromatic N) is 1. The number of amides is 1. The Morgan fingerprint density at radius 1 is 1.40 bits per heavy atom. The number of halogens is 2. The maximum atomic E-state index is 14.3. The number of hydrogen-bond donors (Lipinski definition) is 1. The molecule has 0 unspecified atom stereocenters. The summed E-state index contributed by atoms with van der Waals surface area (Å²) in [6.07, 6.45) is 2.09. The second kappa shape index (κ2) is 7.76. The van der Waals surface area contributed by atoms with Gasteiger partial charge in [0.15, 0.2) is 0 Å². The van der Waals surface area contributed by atoms with E-state index in [1.54, 1.807) is 19.2 Å². The number of carbonyl (C=O) groups excluding carboxylic acids is 1. The van der Waals surface area contributed by atoms with Crippen molar-refractivity contribution in [2.24, 2.45) is 0 Å². The summed E-state index contributed by atoms with van der Waals surface area (Å²) in [5.41, 5.74) is 4.45. The Kier molecular flexibility index (Phi) is 5.65. The third kappa shape index (κ3) is 3.99. The normalized spacial score (nSPS) is 11.0. The summed E-state index contributed by atoms with van der Waals surface area (Å²) in [5.74, 6) is -0.605. The Hall–Kier alpha value is -1.58. The molecule has 0 aliphatic carbocycles. The number of aromatic nitrogens is 1. The predicted molar refractivity (Wildman–Crippen MR) is 105 cm³/mol. The van der Waals surface area contributed by atoms with Crippen LogP contribution in [0.3, 0.4) is 0 Å². The Morgan fingerprint density at radius 2 is 2.20 bits per heavy atom. The van der Waals surface area contributed by atoms with Gasteiger partial charge in [0.1, 0.15) is 10.6 Å². The Balaban J connectivity index is 2.08. The van der Waals surface area contributed by atoms with Crippen molar-refractivity contribution in [3.8, 4) is 0 Å². The minimum atomic E-state index is -0.332. The zero-order valence-electron chi connectivity index (χ0n) is 13.7. The number of benzene rings is 1. The van der Waals surface area contributed by atoms with E-state index >= 15 is 0 Å². The highest BCUT2D eigenvalue weighted by Crippen LogP contribution is 2.33.